The largest absolute Gasteiger partial charge is 0.348 e. The van der Waals surface area contributed by atoms with Crippen molar-refractivity contribution in [3.63, 3.8) is 0 Å². The van der Waals surface area contributed by atoms with Crippen LogP contribution >= 0.6 is 23.5 Å². The van der Waals surface area contributed by atoms with Crippen LogP contribution in [-0.2, 0) is 4.79 Å². The number of carbonyl (C=O) groups is 1. The summed E-state index contributed by atoms with van der Waals surface area (Å²) in [6, 6.07) is 18.1. The number of thioether (sulfide) groups is 2. The lowest BCUT2D eigenvalue weighted by Crippen LogP contribution is -2.32. The summed E-state index contributed by atoms with van der Waals surface area (Å²) in [6.07, 6.45) is 4.21. The fraction of sp³-hybridized carbons (Fsp3) is 0.167. The highest BCUT2D eigenvalue weighted by Crippen LogP contribution is 2.36. The maximum atomic E-state index is 13.8. The van der Waals surface area contributed by atoms with Crippen molar-refractivity contribution in [2.24, 2.45) is 0 Å². The second-order valence-electron chi connectivity index (χ2n) is 7.45. The van der Waals surface area contributed by atoms with Crippen molar-refractivity contribution in [3.05, 3.63) is 84.4 Å². The third-order valence-corrected chi connectivity index (χ3v) is 7.30. The van der Waals surface area contributed by atoms with Crippen molar-refractivity contribution in [3.8, 4) is 17.1 Å². The van der Waals surface area contributed by atoms with Gasteiger partial charge in [-0.05, 0) is 54.4 Å². The van der Waals surface area contributed by atoms with Crippen molar-refractivity contribution in [1.82, 2.24) is 25.1 Å². The van der Waals surface area contributed by atoms with E-state index in [1.54, 1.807) is 30.2 Å². The van der Waals surface area contributed by atoms with Crippen LogP contribution in [0, 0.1) is 5.82 Å². The predicted octanol–water partition coefficient (Wildman–Crippen LogP) is 4.91. The minimum atomic E-state index is -0.288. The normalized spacial score (nSPS) is 15.1. The Labute approximate surface area is 199 Å². The summed E-state index contributed by atoms with van der Waals surface area (Å²) in [5.41, 5.74) is 2.58. The Kier molecular flexibility index (Phi) is 6.41. The van der Waals surface area contributed by atoms with Gasteiger partial charge in [-0.1, -0.05) is 30.0 Å². The van der Waals surface area contributed by atoms with Gasteiger partial charge in [0.25, 0.3) is 0 Å². The molecule has 6 nitrogen and oxygen atoms in total. The van der Waals surface area contributed by atoms with E-state index in [1.807, 2.05) is 47.0 Å². The number of halogens is 1. The fourth-order valence-electron chi connectivity index (χ4n) is 3.74. The van der Waals surface area contributed by atoms with Crippen LogP contribution in [0.2, 0.25) is 0 Å². The third-order valence-electron chi connectivity index (χ3n) is 5.25. The van der Waals surface area contributed by atoms with Gasteiger partial charge in [0.1, 0.15) is 5.82 Å². The van der Waals surface area contributed by atoms with Crippen molar-refractivity contribution >= 4 is 29.4 Å². The maximum Gasteiger partial charge on any atom is 0.230 e. The van der Waals surface area contributed by atoms with E-state index in [2.05, 4.69) is 20.5 Å². The number of para-hydroxylation sites is 1. The van der Waals surface area contributed by atoms with E-state index in [9.17, 15) is 9.18 Å². The highest BCUT2D eigenvalue weighted by Gasteiger charge is 2.24. The summed E-state index contributed by atoms with van der Waals surface area (Å²) in [6.45, 7) is 0. The van der Waals surface area contributed by atoms with E-state index >= 15 is 0 Å². The second kappa shape index (κ2) is 9.76. The van der Waals surface area contributed by atoms with Gasteiger partial charge >= 0.3 is 0 Å². The molecule has 0 bridgehead atoms. The lowest BCUT2D eigenvalue weighted by atomic mass is 10.0. The van der Waals surface area contributed by atoms with Gasteiger partial charge in [-0.15, -0.1) is 22.0 Å². The first-order valence-electron chi connectivity index (χ1n) is 10.4. The molecule has 0 fully saturated rings. The average Bonchev–Trinajstić information content (AvgIpc) is 3.28. The fourth-order valence-corrected chi connectivity index (χ4v) is 5.61. The van der Waals surface area contributed by atoms with E-state index in [-0.39, 0.29) is 23.5 Å². The van der Waals surface area contributed by atoms with Gasteiger partial charge in [-0.25, -0.2) is 4.39 Å². The molecule has 1 aliphatic rings. The molecule has 166 valence electrons. The minimum Gasteiger partial charge on any atom is -0.348 e. The van der Waals surface area contributed by atoms with E-state index in [0.717, 1.165) is 33.9 Å². The van der Waals surface area contributed by atoms with Gasteiger partial charge in [-0.2, -0.15) is 0 Å². The molecule has 1 atom stereocenters. The van der Waals surface area contributed by atoms with Crippen LogP contribution in [0.1, 0.15) is 18.0 Å². The van der Waals surface area contributed by atoms with Gasteiger partial charge in [0, 0.05) is 34.3 Å². The Balaban J connectivity index is 1.35. The van der Waals surface area contributed by atoms with Gasteiger partial charge in [-0.3, -0.25) is 14.3 Å². The van der Waals surface area contributed by atoms with Crippen LogP contribution in [0.15, 0.2) is 83.1 Å². The van der Waals surface area contributed by atoms with E-state index in [4.69, 9.17) is 0 Å². The molecule has 0 radical (unpaired) electrons. The Bertz CT molecular complexity index is 1270. The molecule has 0 saturated carbocycles. The molecule has 2 aromatic carbocycles. The SMILES string of the molecule is O=C(CSc1nnc(-c2cccnc2)n1-c1ccccc1)NC1CCSc2ccc(F)cc21. The first-order chi connectivity index (χ1) is 16.2. The van der Waals surface area contributed by atoms with Crippen LogP contribution in [-0.4, -0.2) is 37.2 Å². The molecular formula is C24H20FN5OS2. The lowest BCUT2D eigenvalue weighted by molar-refractivity contribution is -0.119. The first-order valence-corrected chi connectivity index (χ1v) is 12.4. The van der Waals surface area contributed by atoms with Gasteiger partial charge in [0.2, 0.25) is 5.91 Å². The number of pyridine rings is 1. The second-order valence-corrected chi connectivity index (χ2v) is 9.53. The third kappa shape index (κ3) is 4.79. The molecule has 0 aliphatic carbocycles. The number of amides is 1. The molecule has 0 saturated heterocycles. The molecule has 1 aliphatic heterocycles. The number of hydrogen-bond donors (Lipinski definition) is 1. The molecule has 4 aromatic rings. The molecular weight excluding hydrogens is 457 g/mol. The minimum absolute atomic E-state index is 0.127. The molecule has 5 rings (SSSR count). The van der Waals surface area contributed by atoms with Crippen LogP contribution in [0.25, 0.3) is 17.1 Å². The number of nitrogens with zero attached hydrogens (tertiary/aromatic N) is 4. The number of nitrogens with one attached hydrogen (secondary N) is 1. The topological polar surface area (TPSA) is 72.7 Å². The Morgan fingerprint density at radius 1 is 1.15 bits per heavy atom. The van der Waals surface area contributed by atoms with E-state index in [0.29, 0.717) is 11.0 Å². The molecule has 9 heteroatoms. The number of benzene rings is 2. The van der Waals surface area contributed by atoms with Crippen molar-refractivity contribution < 1.29 is 9.18 Å². The number of rotatable bonds is 6. The number of hydrogen-bond acceptors (Lipinski definition) is 6. The monoisotopic (exact) mass is 477 g/mol. The Morgan fingerprint density at radius 3 is 2.85 bits per heavy atom. The van der Waals surface area contributed by atoms with Crippen molar-refractivity contribution in [2.45, 2.75) is 22.5 Å². The molecule has 1 unspecified atom stereocenters. The Hall–Kier alpha value is -3.17. The number of fused-ring (bicyclic) bond motifs is 1. The van der Waals surface area contributed by atoms with Crippen LogP contribution in [0.5, 0.6) is 0 Å². The standard InChI is InChI=1S/C24H20FN5OS2/c25-17-8-9-21-19(13-17)20(10-12-32-21)27-22(31)15-33-24-29-28-23(16-5-4-11-26-14-16)30(24)18-6-2-1-3-7-18/h1-9,11,13-14,20H,10,12,15H2,(H,27,31). The van der Waals surface area contributed by atoms with Crippen molar-refractivity contribution in [2.75, 3.05) is 11.5 Å². The molecule has 1 N–H and O–H groups in total. The highest BCUT2D eigenvalue weighted by atomic mass is 32.2. The van der Waals surface area contributed by atoms with E-state index < -0.39 is 0 Å². The van der Waals surface area contributed by atoms with E-state index in [1.165, 1.54) is 23.9 Å². The summed E-state index contributed by atoms with van der Waals surface area (Å²) in [5, 5.41) is 12.4. The average molecular weight is 478 g/mol. The zero-order valence-electron chi connectivity index (χ0n) is 17.5. The van der Waals surface area contributed by atoms with Crippen molar-refractivity contribution in [1.29, 1.82) is 0 Å². The summed E-state index contributed by atoms with van der Waals surface area (Å²) in [5.74, 6) is 1.30. The quantitative estimate of drug-likeness (QED) is 0.398. The van der Waals surface area contributed by atoms with Crippen LogP contribution in [0.4, 0.5) is 4.39 Å². The van der Waals surface area contributed by atoms with Crippen LogP contribution < -0.4 is 5.32 Å². The lowest BCUT2D eigenvalue weighted by Gasteiger charge is -2.26. The van der Waals surface area contributed by atoms with Crippen LogP contribution in [0.3, 0.4) is 0 Å². The molecule has 1 amide bonds. The van der Waals surface area contributed by atoms with Gasteiger partial charge in [0.15, 0.2) is 11.0 Å². The number of carbonyl (C=O) groups excluding carboxylic acids is 1. The number of aromatic nitrogens is 4. The predicted molar refractivity (Wildman–Crippen MR) is 128 cm³/mol. The summed E-state index contributed by atoms with van der Waals surface area (Å²) in [7, 11) is 0. The molecule has 0 spiro atoms. The first kappa shape index (κ1) is 21.7. The zero-order valence-corrected chi connectivity index (χ0v) is 19.2. The summed E-state index contributed by atoms with van der Waals surface area (Å²) >= 11 is 3.00. The summed E-state index contributed by atoms with van der Waals surface area (Å²) in [4.78, 5) is 18.0. The van der Waals surface area contributed by atoms with Gasteiger partial charge in [0.05, 0.1) is 11.8 Å². The molecule has 33 heavy (non-hydrogen) atoms. The molecule has 2 aromatic heterocycles. The highest BCUT2D eigenvalue weighted by molar-refractivity contribution is 7.99. The Morgan fingerprint density at radius 2 is 2.03 bits per heavy atom. The summed E-state index contributed by atoms with van der Waals surface area (Å²) < 4.78 is 15.7. The zero-order chi connectivity index (χ0) is 22.6. The maximum absolute atomic E-state index is 13.8. The smallest absolute Gasteiger partial charge is 0.230 e. The molecule has 3 heterocycles. The van der Waals surface area contributed by atoms with Gasteiger partial charge < -0.3 is 5.32 Å².